The maximum atomic E-state index is 13.3. The molecule has 0 atom stereocenters. The number of cyclic esters (lactones) is 1. The standard InChI is InChI=1S/C15H15F3N2O3/c16-15(17,18)11-6-10(12-8-23-14(21)20-19-12)4-5-13(11)22-7-9-2-1-3-9/h4-6,9H,1-3,7-8H2,(H,20,21). The van der Waals surface area contributed by atoms with Crippen LogP contribution in [0.1, 0.15) is 30.4 Å². The lowest BCUT2D eigenvalue weighted by atomic mass is 9.86. The molecule has 3 rings (SSSR count). The summed E-state index contributed by atoms with van der Waals surface area (Å²) in [4.78, 5) is 10.9. The van der Waals surface area contributed by atoms with Crippen LogP contribution in [-0.4, -0.2) is 25.0 Å². The molecule has 0 spiro atoms. The van der Waals surface area contributed by atoms with Crippen LogP contribution < -0.4 is 10.2 Å². The van der Waals surface area contributed by atoms with Crippen molar-refractivity contribution in [2.45, 2.75) is 25.4 Å². The Kier molecular flexibility index (Phi) is 4.14. The number of amides is 1. The Bertz CT molecular complexity index is 639. The van der Waals surface area contributed by atoms with E-state index < -0.39 is 17.8 Å². The van der Waals surface area contributed by atoms with E-state index in [-0.39, 0.29) is 23.6 Å². The Morgan fingerprint density at radius 1 is 1.35 bits per heavy atom. The van der Waals surface area contributed by atoms with Crippen molar-refractivity contribution in [1.82, 2.24) is 5.43 Å². The molecule has 0 saturated heterocycles. The molecule has 23 heavy (non-hydrogen) atoms. The van der Waals surface area contributed by atoms with Gasteiger partial charge in [-0.3, -0.25) is 0 Å². The van der Waals surface area contributed by atoms with Crippen LogP contribution in [0.25, 0.3) is 0 Å². The number of carbonyl (C=O) groups excluding carboxylic acids is 1. The molecular formula is C15H15F3N2O3. The Hall–Kier alpha value is -2.25. The molecule has 1 aromatic carbocycles. The van der Waals surface area contributed by atoms with Gasteiger partial charge in [0.05, 0.1) is 12.2 Å². The van der Waals surface area contributed by atoms with E-state index in [9.17, 15) is 18.0 Å². The third-order valence-corrected chi connectivity index (χ3v) is 3.94. The van der Waals surface area contributed by atoms with Crippen LogP contribution in [0, 0.1) is 5.92 Å². The highest BCUT2D eigenvalue weighted by Crippen LogP contribution is 2.38. The minimum Gasteiger partial charge on any atom is -0.493 e. The SMILES string of the molecule is O=C1NN=C(c2ccc(OCC3CCC3)c(C(F)(F)F)c2)CO1. The van der Waals surface area contributed by atoms with E-state index in [1.807, 2.05) is 0 Å². The van der Waals surface area contributed by atoms with Crippen LogP contribution in [0.15, 0.2) is 23.3 Å². The number of rotatable bonds is 4. The second-order valence-electron chi connectivity index (χ2n) is 5.56. The molecule has 0 aromatic heterocycles. The summed E-state index contributed by atoms with van der Waals surface area (Å²) < 4.78 is 49.8. The van der Waals surface area contributed by atoms with Gasteiger partial charge in [0.2, 0.25) is 0 Å². The highest BCUT2D eigenvalue weighted by molar-refractivity contribution is 6.03. The summed E-state index contributed by atoms with van der Waals surface area (Å²) in [5.74, 6) is 0.150. The molecule has 0 unspecified atom stereocenters. The van der Waals surface area contributed by atoms with Crippen LogP contribution in [0.5, 0.6) is 5.75 Å². The summed E-state index contributed by atoms with van der Waals surface area (Å²) in [7, 11) is 0. The van der Waals surface area contributed by atoms with Gasteiger partial charge in [0.25, 0.3) is 0 Å². The summed E-state index contributed by atoms with van der Waals surface area (Å²) in [5.41, 5.74) is 1.67. The monoisotopic (exact) mass is 328 g/mol. The van der Waals surface area contributed by atoms with E-state index in [1.54, 1.807) is 0 Å². The van der Waals surface area contributed by atoms with Crippen LogP contribution >= 0.6 is 0 Å². The van der Waals surface area contributed by atoms with Crippen molar-refractivity contribution in [3.8, 4) is 5.75 Å². The first-order valence-corrected chi connectivity index (χ1v) is 7.27. The highest BCUT2D eigenvalue weighted by atomic mass is 19.4. The predicted molar refractivity (Wildman–Crippen MR) is 75.3 cm³/mol. The zero-order valence-electron chi connectivity index (χ0n) is 12.2. The summed E-state index contributed by atoms with van der Waals surface area (Å²) in [5, 5.41) is 3.71. The van der Waals surface area contributed by atoms with Crippen molar-refractivity contribution >= 4 is 11.8 Å². The maximum Gasteiger partial charge on any atom is 0.428 e. The third kappa shape index (κ3) is 3.57. The molecule has 1 aromatic rings. The smallest absolute Gasteiger partial charge is 0.428 e. The molecule has 0 bridgehead atoms. The largest absolute Gasteiger partial charge is 0.493 e. The third-order valence-electron chi connectivity index (χ3n) is 3.94. The second kappa shape index (κ2) is 6.10. The van der Waals surface area contributed by atoms with Gasteiger partial charge in [-0.1, -0.05) is 6.42 Å². The summed E-state index contributed by atoms with van der Waals surface area (Å²) >= 11 is 0. The van der Waals surface area contributed by atoms with Gasteiger partial charge in [0.15, 0.2) is 0 Å². The molecule has 1 heterocycles. The number of carbonyl (C=O) groups is 1. The number of nitrogens with one attached hydrogen (secondary N) is 1. The molecule has 5 nitrogen and oxygen atoms in total. The molecule has 1 amide bonds. The minimum absolute atomic E-state index is 0.175. The molecule has 1 aliphatic carbocycles. The fraction of sp³-hybridized carbons (Fsp3) is 0.467. The lowest BCUT2D eigenvalue weighted by Gasteiger charge is -2.26. The first kappa shape index (κ1) is 15.6. The van der Waals surface area contributed by atoms with Crippen molar-refractivity contribution in [3.63, 3.8) is 0 Å². The zero-order valence-corrected chi connectivity index (χ0v) is 12.2. The topological polar surface area (TPSA) is 59.9 Å². The van der Waals surface area contributed by atoms with Crippen molar-refractivity contribution in [1.29, 1.82) is 0 Å². The quantitative estimate of drug-likeness (QED) is 0.922. The molecule has 1 saturated carbocycles. The maximum absolute atomic E-state index is 13.3. The van der Waals surface area contributed by atoms with Crippen LogP contribution in [-0.2, 0) is 10.9 Å². The van der Waals surface area contributed by atoms with Gasteiger partial charge in [0.1, 0.15) is 18.1 Å². The first-order valence-electron chi connectivity index (χ1n) is 7.27. The van der Waals surface area contributed by atoms with Crippen molar-refractivity contribution < 1.29 is 27.4 Å². The van der Waals surface area contributed by atoms with Crippen molar-refractivity contribution in [2.75, 3.05) is 13.2 Å². The molecular weight excluding hydrogens is 313 g/mol. The number of ether oxygens (including phenoxy) is 2. The lowest BCUT2D eigenvalue weighted by molar-refractivity contribution is -0.139. The fourth-order valence-electron chi connectivity index (χ4n) is 2.38. The normalized spacial score (nSPS) is 18.6. The van der Waals surface area contributed by atoms with E-state index >= 15 is 0 Å². The number of benzene rings is 1. The fourth-order valence-corrected chi connectivity index (χ4v) is 2.38. The van der Waals surface area contributed by atoms with Crippen LogP contribution in [0.2, 0.25) is 0 Å². The lowest BCUT2D eigenvalue weighted by Crippen LogP contribution is -2.30. The van der Waals surface area contributed by atoms with Gasteiger partial charge in [-0.05, 0) is 37.0 Å². The molecule has 124 valence electrons. The van der Waals surface area contributed by atoms with E-state index in [0.717, 1.165) is 25.3 Å². The average molecular weight is 328 g/mol. The zero-order chi connectivity index (χ0) is 16.4. The summed E-state index contributed by atoms with van der Waals surface area (Å²) in [6.45, 7) is 0.119. The summed E-state index contributed by atoms with van der Waals surface area (Å²) in [6, 6.07) is 3.73. The number of hydrazone groups is 1. The van der Waals surface area contributed by atoms with Crippen LogP contribution in [0.3, 0.4) is 0 Å². The minimum atomic E-state index is -4.54. The number of hydrogen-bond donors (Lipinski definition) is 1. The molecule has 8 heteroatoms. The van der Waals surface area contributed by atoms with Gasteiger partial charge in [-0.2, -0.15) is 18.3 Å². The predicted octanol–water partition coefficient (Wildman–Crippen LogP) is 3.33. The molecule has 1 aliphatic heterocycles. The molecule has 2 aliphatic rings. The summed E-state index contributed by atoms with van der Waals surface area (Å²) in [6.07, 6.45) is -2.18. The number of halogens is 3. The van der Waals surface area contributed by atoms with Gasteiger partial charge >= 0.3 is 12.3 Å². The van der Waals surface area contributed by atoms with E-state index in [0.29, 0.717) is 12.5 Å². The van der Waals surface area contributed by atoms with E-state index in [1.165, 1.54) is 12.1 Å². The average Bonchev–Trinajstić information content (AvgIpc) is 2.46. The number of nitrogens with zero attached hydrogens (tertiary/aromatic N) is 1. The molecule has 0 radical (unpaired) electrons. The van der Waals surface area contributed by atoms with Gasteiger partial charge in [-0.15, -0.1) is 0 Å². The molecule has 1 N–H and O–H groups in total. The highest BCUT2D eigenvalue weighted by Gasteiger charge is 2.35. The Morgan fingerprint density at radius 3 is 2.70 bits per heavy atom. The van der Waals surface area contributed by atoms with Crippen molar-refractivity contribution in [2.24, 2.45) is 11.0 Å². The molecule has 1 fully saturated rings. The van der Waals surface area contributed by atoms with Gasteiger partial charge in [0, 0.05) is 5.56 Å². The van der Waals surface area contributed by atoms with Crippen molar-refractivity contribution in [3.05, 3.63) is 29.3 Å². The van der Waals surface area contributed by atoms with Crippen LogP contribution in [0.4, 0.5) is 18.0 Å². The first-order chi connectivity index (χ1) is 10.9. The van der Waals surface area contributed by atoms with E-state index in [4.69, 9.17) is 9.47 Å². The Morgan fingerprint density at radius 2 is 2.13 bits per heavy atom. The van der Waals surface area contributed by atoms with E-state index in [2.05, 4.69) is 10.5 Å². The Balaban J connectivity index is 1.84. The Labute approximate surface area is 130 Å². The van der Waals surface area contributed by atoms with Gasteiger partial charge in [-0.25, -0.2) is 10.2 Å². The van der Waals surface area contributed by atoms with Gasteiger partial charge < -0.3 is 9.47 Å². The number of hydrogen-bond acceptors (Lipinski definition) is 4. The number of alkyl halides is 3. The second-order valence-corrected chi connectivity index (χ2v) is 5.56.